The summed E-state index contributed by atoms with van der Waals surface area (Å²) in [4.78, 5) is 25.8. The highest BCUT2D eigenvalue weighted by molar-refractivity contribution is 6.09. The first-order valence-electron chi connectivity index (χ1n) is 12.6. The number of nitrogens with one attached hydrogen (secondary N) is 2. The van der Waals surface area contributed by atoms with Crippen LogP contribution in [0, 0.1) is 0 Å². The standard InChI is InChI=1S/C31H34N2O4/c1-5-6-17-37-25-14-9-22(10-15-25)30(35)32-24-12-7-21(8-13-24)29(34)19-28-27-18-26(36-4)16-11-23(27)20-31(2,3)33-28/h7-16,18-19,33H,5-6,17,20H2,1-4H3,(H,32,35)/b28-19-. The maximum absolute atomic E-state index is 13.1. The summed E-state index contributed by atoms with van der Waals surface area (Å²) in [6.45, 7) is 7.01. The quantitative estimate of drug-likeness (QED) is 0.206. The average Bonchev–Trinajstić information content (AvgIpc) is 2.89. The van der Waals surface area contributed by atoms with E-state index in [4.69, 9.17) is 9.47 Å². The number of allylic oxidation sites excluding steroid dienone is 1. The van der Waals surface area contributed by atoms with Gasteiger partial charge in [-0.25, -0.2) is 0 Å². The van der Waals surface area contributed by atoms with Crippen LogP contribution in [0.25, 0.3) is 5.70 Å². The van der Waals surface area contributed by atoms with Crippen molar-refractivity contribution in [1.29, 1.82) is 0 Å². The lowest BCUT2D eigenvalue weighted by molar-refractivity contribution is 0.102. The van der Waals surface area contributed by atoms with Crippen LogP contribution in [0.2, 0.25) is 0 Å². The highest BCUT2D eigenvalue weighted by atomic mass is 16.5. The van der Waals surface area contributed by atoms with E-state index in [1.165, 1.54) is 5.56 Å². The van der Waals surface area contributed by atoms with Gasteiger partial charge < -0.3 is 20.1 Å². The molecule has 0 saturated heterocycles. The Kier molecular flexibility index (Phi) is 7.97. The molecular formula is C31H34N2O4. The molecule has 6 heteroatoms. The van der Waals surface area contributed by atoms with Gasteiger partial charge in [-0.3, -0.25) is 9.59 Å². The average molecular weight is 499 g/mol. The molecule has 0 atom stereocenters. The second-order valence-corrected chi connectivity index (χ2v) is 9.89. The van der Waals surface area contributed by atoms with Gasteiger partial charge in [0, 0.05) is 39.7 Å². The summed E-state index contributed by atoms with van der Waals surface area (Å²) in [5.41, 5.74) is 4.42. The number of hydrogen-bond acceptors (Lipinski definition) is 5. The first-order valence-corrected chi connectivity index (χ1v) is 12.6. The third kappa shape index (κ3) is 6.58. The highest BCUT2D eigenvalue weighted by Gasteiger charge is 2.28. The fraction of sp³-hybridized carbons (Fsp3) is 0.290. The van der Waals surface area contributed by atoms with Crippen LogP contribution in [0.1, 0.15) is 65.5 Å². The van der Waals surface area contributed by atoms with Crippen molar-refractivity contribution in [3.05, 3.63) is 95.1 Å². The monoisotopic (exact) mass is 498 g/mol. The molecule has 1 aliphatic heterocycles. The Bertz CT molecular complexity index is 1290. The largest absolute Gasteiger partial charge is 0.497 e. The van der Waals surface area contributed by atoms with Crippen molar-refractivity contribution >= 4 is 23.1 Å². The summed E-state index contributed by atoms with van der Waals surface area (Å²) < 4.78 is 11.0. The first kappa shape index (κ1) is 26.0. The van der Waals surface area contributed by atoms with Gasteiger partial charge in [-0.2, -0.15) is 0 Å². The van der Waals surface area contributed by atoms with E-state index in [9.17, 15) is 9.59 Å². The van der Waals surface area contributed by atoms with Crippen LogP contribution < -0.4 is 20.1 Å². The van der Waals surface area contributed by atoms with Crippen LogP contribution in [0.5, 0.6) is 11.5 Å². The van der Waals surface area contributed by atoms with E-state index in [-0.39, 0.29) is 17.2 Å². The Labute approximate surface area is 218 Å². The topological polar surface area (TPSA) is 76.7 Å². The fourth-order valence-electron chi connectivity index (χ4n) is 4.33. The van der Waals surface area contributed by atoms with Crippen LogP contribution in [0.3, 0.4) is 0 Å². The smallest absolute Gasteiger partial charge is 0.255 e. The number of hydrogen-bond donors (Lipinski definition) is 2. The summed E-state index contributed by atoms with van der Waals surface area (Å²) in [5, 5.41) is 6.37. The molecule has 0 bridgehead atoms. The zero-order valence-corrected chi connectivity index (χ0v) is 21.9. The van der Waals surface area contributed by atoms with Gasteiger partial charge in [-0.15, -0.1) is 0 Å². The Balaban J connectivity index is 1.44. The number of benzene rings is 3. The first-order chi connectivity index (χ1) is 17.8. The van der Waals surface area contributed by atoms with Crippen molar-refractivity contribution in [2.24, 2.45) is 0 Å². The molecule has 1 heterocycles. The van der Waals surface area contributed by atoms with Gasteiger partial charge in [-0.1, -0.05) is 19.4 Å². The second-order valence-electron chi connectivity index (χ2n) is 9.89. The Morgan fingerprint density at radius 1 is 0.973 bits per heavy atom. The number of ketones is 1. The number of carbonyl (C=O) groups excluding carboxylic acids is 2. The van der Waals surface area contributed by atoms with Crippen molar-refractivity contribution in [3.8, 4) is 11.5 Å². The molecule has 3 aromatic carbocycles. The maximum Gasteiger partial charge on any atom is 0.255 e. The van der Waals surface area contributed by atoms with Gasteiger partial charge in [0.1, 0.15) is 11.5 Å². The van der Waals surface area contributed by atoms with E-state index in [1.807, 2.05) is 12.1 Å². The third-order valence-corrected chi connectivity index (χ3v) is 6.30. The molecule has 2 N–H and O–H groups in total. The predicted octanol–water partition coefficient (Wildman–Crippen LogP) is 6.27. The molecule has 6 nitrogen and oxygen atoms in total. The summed E-state index contributed by atoms with van der Waals surface area (Å²) in [5.74, 6) is 1.15. The number of unbranched alkanes of at least 4 members (excludes halogenated alkanes) is 1. The number of anilines is 1. The lowest BCUT2D eigenvalue weighted by Crippen LogP contribution is -2.43. The lowest BCUT2D eigenvalue weighted by atomic mass is 9.85. The van der Waals surface area contributed by atoms with E-state index in [0.717, 1.165) is 42.0 Å². The number of carbonyl (C=O) groups is 2. The van der Waals surface area contributed by atoms with Crippen molar-refractivity contribution in [2.45, 2.75) is 45.6 Å². The minimum atomic E-state index is -0.222. The Hall–Kier alpha value is -4.06. The van der Waals surface area contributed by atoms with Crippen molar-refractivity contribution in [3.63, 3.8) is 0 Å². The molecule has 0 spiro atoms. The third-order valence-electron chi connectivity index (χ3n) is 6.30. The van der Waals surface area contributed by atoms with Gasteiger partial charge in [0.25, 0.3) is 5.91 Å². The summed E-state index contributed by atoms with van der Waals surface area (Å²) >= 11 is 0. The molecule has 37 heavy (non-hydrogen) atoms. The molecule has 0 radical (unpaired) electrons. The molecule has 1 aliphatic rings. The molecule has 0 aliphatic carbocycles. The summed E-state index contributed by atoms with van der Waals surface area (Å²) in [6, 6.07) is 20.0. The minimum absolute atomic E-state index is 0.120. The van der Waals surface area contributed by atoms with Crippen LogP contribution >= 0.6 is 0 Å². The van der Waals surface area contributed by atoms with Crippen molar-refractivity contribution < 1.29 is 19.1 Å². The molecule has 192 valence electrons. The lowest BCUT2D eigenvalue weighted by Gasteiger charge is -2.35. The number of amides is 1. The molecular weight excluding hydrogens is 464 g/mol. The zero-order chi connectivity index (χ0) is 26.4. The number of methoxy groups -OCH3 is 1. The van der Waals surface area contributed by atoms with Gasteiger partial charge in [0.2, 0.25) is 0 Å². The summed E-state index contributed by atoms with van der Waals surface area (Å²) in [6.07, 6.45) is 4.55. The maximum atomic E-state index is 13.1. The zero-order valence-electron chi connectivity index (χ0n) is 21.9. The molecule has 3 aromatic rings. The van der Waals surface area contributed by atoms with Gasteiger partial charge in [0.05, 0.1) is 13.7 Å². The van der Waals surface area contributed by atoms with Crippen molar-refractivity contribution in [2.75, 3.05) is 19.0 Å². The van der Waals surface area contributed by atoms with E-state index in [2.05, 4.69) is 37.5 Å². The van der Waals surface area contributed by atoms with Crippen molar-refractivity contribution in [1.82, 2.24) is 5.32 Å². The normalized spacial score (nSPS) is 14.9. The molecule has 0 unspecified atom stereocenters. The predicted molar refractivity (Wildman–Crippen MR) is 147 cm³/mol. The second kappa shape index (κ2) is 11.3. The summed E-state index contributed by atoms with van der Waals surface area (Å²) in [7, 11) is 1.63. The fourth-order valence-corrected chi connectivity index (χ4v) is 4.33. The highest BCUT2D eigenvalue weighted by Crippen LogP contribution is 2.32. The van der Waals surface area contributed by atoms with Crippen LogP contribution in [0.4, 0.5) is 5.69 Å². The van der Waals surface area contributed by atoms with E-state index in [1.54, 1.807) is 61.7 Å². The van der Waals surface area contributed by atoms with Gasteiger partial charge >= 0.3 is 0 Å². The SMILES string of the molecule is CCCCOc1ccc(C(=O)Nc2ccc(C(=O)/C=C3\NC(C)(C)Cc4ccc(OC)cc43)cc2)cc1. The molecule has 0 aromatic heterocycles. The number of fused-ring (bicyclic) bond motifs is 1. The van der Waals surface area contributed by atoms with Crippen LogP contribution in [-0.4, -0.2) is 30.9 Å². The Morgan fingerprint density at radius 2 is 1.65 bits per heavy atom. The Morgan fingerprint density at radius 3 is 2.32 bits per heavy atom. The molecule has 0 fully saturated rings. The van der Waals surface area contributed by atoms with E-state index in [0.29, 0.717) is 23.4 Å². The number of ether oxygens (including phenoxy) is 2. The van der Waals surface area contributed by atoms with Gasteiger partial charge in [0.15, 0.2) is 5.78 Å². The van der Waals surface area contributed by atoms with Crippen LogP contribution in [-0.2, 0) is 6.42 Å². The van der Waals surface area contributed by atoms with E-state index >= 15 is 0 Å². The number of rotatable bonds is 9. The van der Waals surface area contributed by atoms with Crippen LogP contribution in [0.15, 0.2) is 72.8 Å². The molecule has 4 rings (SSSR count). The minimum Gasteiger partial charge on any atom is -0.497 e. The van der Waals surface area contributed by atoms with Gasteiger partial charge in [-0.05, 0) is 92.9 Å². The van der Waals surface area contributed by atoms with E-state index < -0.39 is 0 Å². The molecule has 0 saturated carbocycles. The molecule has 1 amide bonds.